The molecule has 1 fully saturated rings. The highest BCUT2D eigenvalue weighted by Crippen LogP contribution is 2.50. The lowest BCUT2D eigenvalue weighted by Gasteiger charge is -2.56. The maximum absolute atomic E-state index is 12.6. The quantitative estimate of drug-likeness (QED) is 0.631. The second-order valence-corrected chi connectivity index (χ2v) is 8.39. The summed E-state index contributed by atoms with van der Waals surface area (Å²) in [6, 6.07) is 12.7. The van der Waals surface area contributed by atoms with Crippen LogP contribution in [0.1, 0.15) is 23.7 Å². The van der Waals surface area contributed by atoms with Crippen LogP contribution in [-0.4, -0.2) is 41.5 Å². The molecule has 31 heavy (non-hydrogen) atoms. The Morgan fingerprint density at radius 1 is 1.10 bits per heavy atom. The molecule has 0 amide bonds. The van der Waals surface area contributed by atoms with Crippen molar-refractivity contribution in [2.24, 2.45) is 5.41 Å². The molecule has 1 aromatic heterocycles. The standard InChI is InChI=1S/C23H23F3N2O3/c1-15-12-30-20(27-15)16-5-4-6-18(11-16)22(29,21(2)13-28(3)14-21)17-7-9-19(10-8-17)31-23(24,25)26/h4-12,29H,13-14H2,1-3H3/t22-/m1/s1. The number of likely N-dealkylation sites (tertiary alicyclic amines) is 1. The molecule has 3 aromatic rings. The summed E-state index contributed by atoms with van der Waals surface area (Å²) in [6.45, 7) is 5.03. The van der Waals surface area contributed by atoms with Crippen LogP contribution in [0.25, 0.3) is 11.5 Å². The molecule has 1 atom stereocenters. The van der Waals surface area contributed by atoms with Gasteiger partial charge in [-0.05, 0) is 49.4 Å². The average molecular weight is 432 g/mol. The number of hydrogen-bond donors (Lipinski definition) is 1. The lowest BCUT2D eigenvalue weighted by atomic mass is 9.62. The molecule has 2 aromatic carbocycles. The molecule has 0 unspecified atom stereocenters. The van der Waals surface area contributed by atoms with Crippen LogP contribution in [0.15, 0.2) is 59.2 Å². The highest BCUT2D eigenvalue weighted by atomic mass is 19.4. The Labute approximate surface area is 178 Å². The van der Waals surface area contributed by atoms with Crippen molar-refractivity contribution in [3.63, 3.8) is 0 Å². The lowest BCUT2D eigenvalue weighted by Crippen LogP contribution is -2.63. The zero-order chi connectivity index (χ0) is 22.4. The molecule has 0 aliphatic carbocycles. The highest BCUT2D eigenvalue weighted by molar-refractivity contribution is 5.57. The van der Waals surface area contributed by atoms with Gasteiger partial charge >= 0.3 is 6.36 Å². The van der Waals surface area contributed by atoms with E-state index in [1.165, 1.54) is 24.3 Å². The van der Waals surface area contributed by atoms with Gasteiger partial charge in [-0.15, -0.1) is 13.2 Å². The molecule has 1 N–H and O–H groups in total. The number of aromatic nitrogens is 1. The van der Waals surface area contributed by atoms with E-state index in [9.17, 15) is 18.3 Å². The van der Waals surface area contributed by atoms with Crippen molar-refractivity contribution in [1.82, 2.24) is 9.88 Å². The van der Waals surface area contributed by atoms with Crippen molar-refractivity contribution in [3.8, 4) is 17.2 Å². The van der Waals surface area contributed by atoms with Crippen LogP contribution in [0, 0.1) is 12.3 Å². The average Bonchev–Trinajstić information content (AvgIpc) is 3.12. The van der Waals surface area contributed by atoms with Crippen molar-refractivity contribution in [3.05, 3.63) is 71.6 Å². The fourth-order valence-corrected chi connectivity index (χ4v) is 4.50. The van der Waals surface area contributed by atoms with Gasteiger partial charge in [-0.3, -0.25) is 0 Å². The third-order valence-corrected chi connectivity index (χ3v) is 5.76. The summed E-state index contributed by atoms with van der Waals surface area (Å²) in [4.78, 5) is 6.43. The topological polar surface area (TPSA) is 58.7 Å². The van der Waals surface area contributed by atoms with Crippen LogP contribution in [0.3, 0.4) is 0 Å². The number of ether oxygens (including phenoxy) is 1. The molecule has 0 spiro atoms. The van der Waals surface area contributed by atoms with E-state index in [0.29, 0.717) is 35.7 Å². The lowest BCUT2D eigenvalue weighted by molar-refractivity contribution is -0.274. The van der Waals surface area contributed by atoms with Gasteiger partial charge in [0.05, 0.1) is 5.69 Å². The second-order valence-electron chi connectivity index (χ2n) is 8.39. The third kappa shape index (κ3) is 3.93. The SMILES string of the molecule is Cc1coc(-c2cccc([C@](O)(c3ccc(OC(F)(F)F)cc3)C3(C)CN(C)C3)c2)n1. The van der Waals surface area contributed by atoms with Crippen molar-refractivity contribution < 1.29 is 27.4 Å². The number of hydrogen-bond acceptors (Lipinski definition) is 5. The van der Waals surface area contributed by atoms with E-state index in [2.05, 4.69) is 14.6 Å². The van der Waals surface area contributed by atoms with Crippen LogP contribution >= 0.6 is 0 Å². The number of benzene rings is 2. The Morgan fingerprint density at radius 3 is 2.32 bits per heavy atom. The zero-order valence-electron chi connectivity index (χ0n) is 17.4. The minimum atomic E-state index is -4.77. The van der Waals surface area contributed by atoms with Gasteiger partial charge in [0.1, 0.15) is 17.6 Å². The van der Waals surface area contributed by atoms with Gasteiger partial charge in [0.15, 0.2) is 0 Å². The van der Waals surface area contributed by atoms with Crippen LogP contribution in [-0.2, 0) is 5.60 Å². The molecular weight excluding hydrogens is 409 g/mol. The summed E-state index contributed by atoms with van der Waals surface area (Å²) in [6.07, 6.45) is -3.22. The minimum Gasteiger partial charge on any atom is -0.444 e. The molecular formula is C23H23F3N2O3. The van der Waals surface area contributed by atoms with E-state index in [-0.39, 0.29) is 5.75 Å². The predicted octanol–water partition coefficient (Wildman–Crippen LogP) is 4.74. The van der Waals surface area contributed by atoms with Crippen molar-refractivity contribution >= 4 is 0 Å². The first-order chi connectivity index (χ1) is 14.5. The molecule has 0 bridgehead atoms. The summed E-state index contributed by atoms with van der Waals surface area (Å²) in [7, 11) is 1.95. The normalized spacial score (nSPS) is 18.3. The van der Waals surface area contributed by atoms with E-state index in [0.717, 1.165) is 5.69 Å². The monoisotopic (exact) mass is 432 g/mol. The number of halogens is 3. The predicted molar refractivity (Wildman–Crippen MR) is 108 cm³/mol. The van der Waals surface area contributed by atoms with E-state index in [1.807, 2.05) is 45.2 Å². The minimum absolute atomic E-state index is 0.335. The largest absolute Gasteiger partial charge is 0.573 e. The fraction of sp³-hybridized carbons (Fsp3) is 0.348. The summed E-state index contributed by atoms with van der Waals surface area (Å²) >= 11 is 0. The molecule has 0 saturated carbocycles. The maximum atomic E-state index is 12.6. The van der Waals surface area contributed by atoms with Gasteiger partial charge in [0.25, 0.3) is 0 Å². The van der Waals surface area contributed by atoms with Gasteiger partial charge in [0, 0.05) is 24.1 Å². The van der Waals surface area contributed by atoms with Crippen LogP contribution in [0.4, 0.5) is 13.2 Å². The van der Waals surface area contributed by atoms with Crippen molar-refractivity contribution in [2.75, 3.05) is 20.1 Å². The van der Waals surface area contributed by atoms with E-state index >= 15 is 0 Å². The Balaban J connectivity index is 1.78. The molecule has 0 radical (unpaired) electrons. The number of nitrogens with zero attached hydrogens (tertiary/aromatic N) is 2. The Morgan fingerprint density at radius 2 is 1.77 bits per heavy atom. The molecule has 164 valence electrons. The summed E-state index contributed by atoms with van der Waals surface area (Å²) in [5, 5.41) is 12.1. The van der Waals surface area contributed by atoms with E-state index in [4.69, 9.17) is 4.42 Å². The van der Waals surface area contributed by atoms with Gasteiger partial charge in [-0.2, -0.15) is 0 Å². The van der Waals surface area contributed by atoms with Gasteiger partial charge in [-0.1, -0.05) is 31.2 Å². The molecule has 2 heterocycles. The highest BCUT2D eigenvalue weighted by Gasteiger charge is 2.55. The van der Waals surface area contributed by atoms with Crippen LogP contribution in [0.5, 0.6) is 5.75 Å². The third-order valence-electron chi connectivity index (χ3n) is 5.76. The van der Waals surface area contributed by atoms with Crippen molar-refractivity contribution in [2.45, 2.75) is 25.8 Å². The summed E-state index contributed by atoms with van der Waals surface area (Å²) in [5.74, 6) is 0.102. The first-order valence-corrected chi connectivity index (χ1v) is 9.80. The molecule has 1 saturated heterocycles. The number of aryl methyl sites for hydroxylation is 1. The first kappa shape index (κ1) is 21.4. The maximum Gasteiger partial charge on any atom is 0.573 e. The number of rotatable bonds is 5. The number of oxazole rings is 1. The van der Waals surface area contributed by atoms with Gasteiger partial charge in [0.2, 0.25) is 5.89 Å². The first-order valence-electron chi connectivity index (χ1n) is 9.80. The molecule has 1 aliphatic heterocycles. The summed E-state index contributed by atoms with van der Waals surface area (Å²) in [5.41, 5.74) is 0.535. The zero-order valence-corrected chi connectivity index (χ0v) is 17.4. The van der Waals surface area contributed by atoms with Crippen LogP contribution in [0.2, 0.25) is 0 Å². The Bertz CT molecular complexity index is 1070. The van der Waals surface area contributed by atoms with Crippen molar-refractivity contribution in [1.29, 1.82) is 0 Å². The Hall–Kier alpha value is -2.84. The van der Waals surface area contributed by atoms with Gasteiger partial charge in [-0.25, -0.2) is 4.98 Å². The van der Waals surface area contributed by atoms with E-state index < -0.39 is 17.4 Å². The Kier molecular flexibility index (Phi) is 5.10. The number of alkyl halides is 3. The van der Waals surface area contributed by atoms with E-state index in [1.54, 1.807) is 6.26 Å². The van der Waals surface area contributed by atoms with Gasteiger partial charge < -0.3 is 19.2 Å². The molecule has 8 heteroatoms. The molecule has 4 rings (SSSR count). The molecule has 1 aliphatic rings. The molecule has 5 nitrogen and oxygen atoms in total. The van der Waals surface area contributed by atoms with Crippen LogP contribution < -0.4 is 4.74 Å². The smallest absolute Gasteiger partial charge is 0.444 e. The fourth-order valence-electron chi connectivity index (χ4n) is 4.50. The number of aliphatic hydroxyl groups is 1. The summed E-state index contributed by atoms with van der Waals surface area (Å²) < 4.78 is 47.1. The second kappa shape index (κ2) is 7.39.